The Balaban J connectivity index is 1.92. The van der Waals surface area contributed by atoms with Crippen LogP contribution in [-0.4, -0.2) is 46.8 Å². The number of ether oxygens (including phenoxy) is 2. The number of nitrogens with zero attached hydrogens (tertiary/aromatic N) is 1. The number of hydrogen-bond acceptors (Lipinski definition) is 6. The van der Waals surface area contributed by atoms with E-state index in [1.807, 2.05) is 0 Å². The average molecular weight is 513 g/mol. The Morgan fingerprint density at radius 2 is 1.80 bits per heavy atom. The molecule has 0 radical (unpaired) electrons. The maximum Gasteiger partial charge on any atom is 0.573 e. The number of carbonyl (C=O) groups excluding carboxylic acids is 2. The van der Waals surface area contributed by atoms with E-state index in [1.54, 1.807) is 26.8 Å². The molecule has 188 valence electrons. The van der Waals surface area contributed by atoms with E-state index in [9.17, 15) is 32.7 Å². The van der Waals surface area contributed by atoms with Gasteiger partial charge in [0.05, 0.1) is 17.8 Å². The maximum atomic E-state index is 13.5. The van der Waals surface area contributed by atoms with Gasteiger partial charge in [-0.1, -0.05) is 12.1 Å². The molecule has 0 saturated carbocycles. The van der Waals surface area contributed by atoms with Crippen LogP contribution in [0.2, 0.25) is 0 Å². The second-order valence-corrected chi connectivity index (χ2v) is 9.68. The molecule has 3 rings (SSSR count). The van der Waals surface area contributed by atoms with E-state index in [0.717, 1.165) is 12.1 Å². The van der Waals surface area contributed by atoms with Gasteiger partial charge in [-0.2, -0.15) is 0 Å². The van der Waals surface area contributed by atoms with Crippen molar-refractivity contribution in [3.05, 3.63) is 53.6 Å². The van der Waals surface area contributed by atoms with Crippen molar-refractivity contribution in [3.8, 4) is 5.75 Å². The molecule has 1 heterocycles. The Kier molecular flexibility index (Phi) is 7.53. The predicted molar refractivity (Wildman–Crippen MR) is 122 cm³/mol. The third kappa shape index (κ3) is 7.28. The topological polar surface area (TPSA) is 105 Å². The van der Waals surface area contributed by atoms with Crippen LogP contribution in [0.5, 0.6) is 5.75 Å². The van der Waals surface area contributed by atoms with Crippen molar-refractivity contribution >= 4 is 35.4 Å². The summed E-state index contributed by atoms with van der Waals surface area (Å²) < 4.78 is 46.5. The molecule has 2 amide bonds. The summed E-state index contributed by atoms with van der Waals surface area (Å²) >= 11 is 1.25. The summed E-state index contributed by atoms with van der Waals surface area (Å²) in [5.74, 6) is -1.98. The van der Waals surface area contributed by atoms with Crippen LogP contribution >= 0.6 is 11.8 Å². The van der Waals surface area contributed by atoms with Crippen LogP contribution in [-0.2, 0) is 16.1 Å². The van der Waals surface area contributed by atoms with Crippen molar-refractivity contribution < 1.29 is 42.1 Å². The number of carboxylic acid groups (broad SMARTS) is 1. The zero-order valence-electron chi connectivity index (χ0n) is 19.0. The van der Waals surface area contributed by atoms with Crippen molar-refractivity contribution in [1.29, 1.82) is 0 Å². The summed E-state index contributed by atoms with van der Waals surface area (Å²) in [6.07, 6.45) is -5.63. The number of alkyl carbamates (subject to hydrolysis) is 1. The monoisotopic (exact) mass is 512 g/mol. The van der Waals surface area contributed by atoms with Gasteiger partial charge < -0.3 is 24.8 Å². The highest BCUT2D eigenvalue weighted by atomic mass is 32.2. The lowest BCUT2D eigenvalue weighted by atomic mass is 10.1. The van der Waals surface area contributed by atoms with E-state index in [0.29, 0.717) is 16.1 Å². The standard InChI is InChI=1S/C23H23F3N2O6S/c1-22(2,3)34-21(32)27-16-12-35-18-9-6-14(20(30)31)10-17(18)28(19(16)29)11-13-4-7-15(8-5-13)33-23(24,25)26/h4-10,16H,11-12H2,1-3H3,(H,27,32)(H,30,31)/t16-/m0/s1. The molecule has 0 saturated heterocycles. The largest absolute Gasteiger partial charge is 0.573 e. The smallest absolute Gasteiger partial charge is 0.478 e. The van der Waals surface area contributed by atoms with Crippen LogP contribution in [0.15, 0.2) is 47.4 Å². The van der Waals surface area contributed by atoms with Gasteiger partial charge in [-0.3, -0.25) is 4.79 Å². The third-order valence-electron chi connectivity index (χ3n) is 4.65. The Labute approximate surface area is 203 Å². The average Bonchev–Trinajstić information content (AvgIpc) is 2.84. The quantitative estimate of drug-likeness (QED) is 0.592. The summed E-state index contributed by atoms with van der Waals surface area (Å²) in [6, 6.07) is 8.28. The number of amides is 2. The Morgan fingerprint density at radius 1 is 1.14 bits per heavy atom. The van der Waals surface area contributed by atoms with E-state index in [-0.39, 0.29) is 17.9 Å². The third-order valence-corrected chi connectivity index (χ3v) is 5.81. The highest BCUT2D eigenvalue weighted by molar-refractivity contribution is 7.99. The number of nitrogens with one attached hydrogen (secondary N) is 1. The number of rotatable bonds is 5. The molecule has 12 heteroatoms. The van der Waals surface area contributed by atoms with E-state index in [2.05, 4.69) is 10.1 Å². The molecule has 1 aliphatic rings. The molecule has 2 aromatic rings. The fraction of sp³-hybridized carbons (Fsp3) is 0.348. The normalized spacial score (nSPS) is 16.2. The van der Waals surface area contributed by atoms with Crippen LogP contribution in [0.4, 0.5) is 23.7 Å². The molecule has 1 aliphatic heterocycles. The Bertz CT molecular complexity index is 1120. The highest BCUT2D eigenvalue weighted by Gasteiger charge is 2.34. The van der Waals surface area contributed by atoms with Gasteiger partial charge in [0.2, 0.25) is 0 Å². The van der Waals surface area contributed by atoms with Crippen LogP contribution in [0, 0.1) is 0 Å². The number of alkyl halides is 3. The van der Waals surface area contributed by atoms with Gasteiger partial charge in [0.1, 0.15) is 17.4 Å². The Morgan fingerprint density at radius 3 is 2.37 bits per heavy atom. The van der Waals surface area contributed by atoms with Gasteiger partial charge in [0.15, 0.2) is 0 Å². The first-order valence-corrected chi connectivity index (χ1v) is 11.4. The minimum absolute atomic E-state index is 0.0466. The first kappa shape index (κ1) is 26.2. The van der Waals surface area contributed by atoms with Crippen LogP contribution in [0.25, 0.3) is 0 Å². The summed E-state index contributed by atoms with van der Waals surface area (Å²) in [4.78, 5) is 39.2. The van der Waals surface area contributed by atoms with Crippen molar-refractivity contribution in [2.75, 3.05) is 10.7 Å². The predicted octanol–water partition coefficient (Wildman–Crippen LogP) is 4.82. The molecule has 1 atom stereocenters. The van der Waals surface area contributed by atoms with E-state index < -0.39 is 41.7 Å². The lowest BCUT2D eigenvalue weighted by Crippen LogP contribution is -2.50. The van der Waals surface area contributed by atoms with Crippen molar-refractivity contribution in [2.24, 2.45) is 0 Å². The van der Waals surface area contributed by atoms with Gasteiger partial charge in [-0.05, 0) is 56.7 Å². The second kappa shape index (κ2) is 10.1. The van der Waals surface area contributed by atoms with Gasteiger partial charge in [-0.15, -0.1) is 24.9 Å². The minimum Gasteiger partial charge on any atom is -0.478 e. The number of anilines is 1. The molecule has 0 spiro atoms. The number of carbonyl (C=O) groups is 3. The number of fused-ring (bicyclic) bond motifs is 1. The van der Waals surface area contributed by atoms with Gasteiger partial charge in [0, 0.05) is 10.6 Å². The minimum atomic E-state index is -4.84. The molecule has 0 unspecified atom stereocenters. The summed E-state index contributed by atoms with van der Waals surface area (Å²) in [7, 11) is 0. The lowest BCUT2D eigenvalue weighted by molar-refractivity contribution is -0.274. The molecule has 2 N–H and O–H groups in total. The van der Waals surface area contributed by atoms with Crippen LogP contribution in [0.3, 0.4) is 0 Å². The fourth-order valence-corrected chi connectivity index (χ4v) is 4.28. The van der Waals surface area contributed by atoms with Crippen molar-refractivity contribution in [1.82, 2.24) is 5.32 Å². The molecule has 35 heavy (non-hydrogen) atoms. The summed E-state index contributed by atoms with van der Waals surface area (Å²) in [6.45, 7) is 4.95. The van der Waals surface area contributed by atoms with E-state index >= 15 is 0 Å². The van der Waals surface area contributed by atoms with Gasteiger partial charge in [0.25, 0.3) is 5.91 Å². The fourth-order valence-electron chi connectivity index (χ4n) is 3.23. The van der Waals surface area contributed by atoms with E-state index in [4.69, 9.17) is 4.74 Å². The molecule has 0 bridgehead atoms. The number of halogens is 3. The molecule has 0 fully saturated rings. The first-order valence-electron chi connectivity index (χ1n) is 10.4. The van der Waals surface area contributed by atoms with Crippen molar-refractivity contribution in [2.45, 2.75) is 50.2 Å². The zero-order valence-corrected chi connectivity index (χ0v) is 19.8. The van der Waals surface area contributed by atoms with Crippen molar-refractivity contribution in [3.63, 3.8) is 0 Å². The van der Waals surface area contributed by atoms with Crippen LogP contribution < -0.4 is 15.0 Å². The van der Waals surface area contributed by atoms with Gasteiger partial charge in [-0.25, -0.2) is 9.59 Å². The lowest BCUT2D eigenvalue weighted by Gasteiger charge is -2.27. The number of thioether (sulfide) groups is 1. The second-order valence-electron chi connectivity index (χ2n) is 8.61. The molecule has 0 aromatic heterocycles. The zero-order chi connectivity index (χ0) is 26.0. The molecular formula is C23H23F3N2O6S. The van der Waals surface area contributed by atoms with Gasteiger partial charge >= 0.3 is 18.4 Å². The number of benzene rings is 2. The highest BCUT2D eigenvalue weighted by Crippen LogP contribution is 2.36. The van der Waals surface area contributed by atoms with Crippen LogP contribution in [0.1, 0.15) is 36.7 Å². The molecular weight excluding hydrogens is 489 g/mol. The Hall–Kier alpha value is -3.41. The molecule has 0 aliphatic carbocycles. The van der Waals surface area contributed by atoms with E-state index in [1.165, 1.54) is 40.9 Å². The molecule has 8 nitrogen and oxygen atoms in total. The summed E-state index contributed by atoms with van der Waals surface area (Å²) in [5.41, 5.74) is -0.0642. The SMILES string of the molecule is CC(C)(C)OC(=O)N[C@H]1CSc2ccc(C(=O)O)cc2N(Cc2ccc(OC(F)(F)F)cc2)C1=O. The maximum absolute atomic E-state index is 13.5. The number of carboxylic acids is 1. The summed E-state index contributed by atoms with van der Waals surface area (Å²) in [5, 5.41) is 12.0. The molecule has 2 aromatic carbocycles. The number of hydrogen-bond donors (Lipinski definition) is 2. The first-order chi connectivity index (χ1) is 16.2. The number of aromatic carboxylic acids is 1.